The van der Waals surface area contributed by atoms with Crippen LogP contribution in [-0.4, -0.2) is 32.5 Å². The van der Waals surface area contributed by atoms with Gasteiger partial charge in [0.15, 0.2) is 0 Å². The number of carbonyl (C=O) groups is 1. The first-order valence-corrected chi connectivity index (χ1v) is 7.53. The smallest absolute Gasteiger partial charge is 0.324 e. The number of ether oxygens (including phenoxy) is 1. The summed E-state index contributed by atoms with van der Waals surface area (Å²) in [6.07, 6.45) is 1.01. The SMILES string of the molecule is COC(=O)[C@@H](NS(=O)(=O)c1c[nH]c(=O)c(Cl)c1)C(C)C. The summed E-state index contributed by atoms with van der Waals surface area (Å²) in [5.74, 6) is -1.01. The van der Waals surface area contributed by atoms with E-state index in [1.807, 2.05) is 0 Å². The van der Waals surface area contributed by atoms with Crippen LogP contribution in [0.5, 0.6) is 0 Å². The van der Waals surface area contributed by atoms with E-state index in [0.29, 0.717) is 0 Å². The normalized spacial score (nSPS) is 13.2. The van der Waals surface area contributed by atoms with Crippen molar-refractivity contribution < 1.29 is 17.9 Å². The fraction of sp³-hybridized carbons (Fsp3) is 0.455. The maximum atomic E-state index is 12.1. The number of hydrogen-bond acceptors (Lipinski definition) is 5. The number of halogens is 1. The number of methoxy groups -OCH3 is 1. The molecular formula is C11H15ClN2O5S. The zero-order valence-corrected chi connectivity index (χ0v) is 12.7. The Balaban J connectivity index is 3.12. The lowest BCUT2D eigenvalue weighted by molar-refractivity contribution is -0.143. The van der Waals surface area contributed by atoms with Gasteiger partial charge in [-0.3, -0.25) is 9.59 Å². The second-order valence-corrected chi connectivity index (χ2v) is 6.50. The summed E-state index contributed by atoms with van der Waals surface area (Å²) in [6.45, 7) is 3.34. The Morgan fingerprint density at radius 2 is 2.05 bits per heavy atom. The molecule has 7 nitrogen and oxygen atoms in total. The monoisotopic (exact) mass is 322 g/mol. The lowest BCUT2D eigenvalue weighted by atomic mass is 10.1. The maximum Gasteiger partial charge on any atom is 0.324 e. The third-order valence-corrected chi connectivity index (χ3v) is 4.25. The first-order valence-electron chi connectivity index (χ1n) is 5.67. The van der Waals surface area contributed by atoms with E-state index in [1.165, 1.54) is 7.11 Å². The number of aromatic nitrogens is 1. The van der Waals surface area contributed by atoms with E-state index in [4.69, 9.17) is 11.6 Å². The summed E-state index contributed by atoms with van der Waals surface area (Å²) in [4.78, 5) is 24.6. The fourth-order valence-corrected chi connectivity index (χ4v) is 2.97. The molecule has 1 heterocycles. The Labute approximate surface area is 121 Å². The molecule has 0 aliphatic rings. The first-order chi connectivity index (χ1) is 9.19. The molecule has 0 bridgehead atoms. The van der Waals surface area contributed by atoms with Gasteiger partial charge in [-0.15, -0.1) is 0 Å². The number of esters is 1. The average molecular weight is 323 g/mol. The van der Waals surface area contributed by atoms with E-state index in [0.717, 1.165) is 12.3 Å². The summed E-state index contributed by atoms with van der Waals surface area (Å²) in [5.41, 5.74) is -0.598. The van der Waals surface area contributed by atoms with Crippen LogP contribution in [0.4, 0.5) is 0 Å². The van der Waals surface area contributed by atoms with Crippen molar-refractivity contribution in [2.24, 2.45) is 5.92 Å². The van der Waals surface area contributed by atoms with E-state index in [2.05, 4.69) is 14.4 Å². The first kappa shape index (κ1) is 16.7. The van der Waals surface area contributed by atoms with Crippen molar-refractivity contribution in [2.75, 3.05) is 7.11 Å². The number of carbonyl (C=O) groups excluding carboxylic acids is 1. The van der Waals surface area contributed by atoms with Gasteiger partial charge in [-0.2, -0.15) is 4.72 Å². The van der Waals surface area contributed by atoms with Crippen LogP contribution < -0.4 is 10.3 Å². The number of aromatic amines is 1. The Kier molecular flexibility index (Phi) is 5.32. The molecule has 1 aromatic heterocycles. The molecule has 0 aliphatic heterocycles. The molecule has 9 heteroatoms. The minimum atomic E-state index is -4.00. The summed E-state index contributed by atoms with van der Waals surface area (Å²) < 4.78 is 31.0. The number of H-pyrrole nitrogens is 1. The highest BCUT2D eigenvalue weighted by atomic mass is 35.5. The molecule has 0 aromatic carbocycles. The molecule has 20 heavy (non-hydrogen) atoms. The lowest BCUT2D eigenvalue weighted by Crippen LogP contribution is -2.45. The Morgan fingerprint density at radius 3 is 2.50 bits per heavy atom. The standard InChI is InChI=1S/C11H15ClN2O5S/c1-6(2)9(11(16)19-3)14-20(17,18)7-4-8(12)10(15)13-5-7/h4-6,9,14H,1-3H3,(H,13,15)/t9-/m0/s1. The molecule has 1 aromatic rings. The van der Waals surface area contributed by atoms with Crippen LogP contribution >= 0.6 is 11.6 Å². The van der Waals surface area contributed by atoms with Crippen LogP contribution in [0, 0.1) is 5.92 Å². The highest BCUT2D eigenvalue weighted by Crippen LogP contribution is 2.13. The second-order valence-electron chi connectivity index (χ2n) is 4.38. The number of nitrogens with one attached hydrogen (secondary N) is 2. The summed E-state index contributed by atoms with van der Waals surface area (Å²) in [7, 11) is -2.83. The van der Waals surface area contributed by atoms with Gasteiger partial charge in [0.1, 0.15) is 11.1 Å². The summed E-state index contributed by atoms with van der Waals surface area (Å²) in [6, 6.07) is -0.0205. The number of rotatable bonds is 5. The van der Waals surface area contributed by atoms with Crippen molar-refractivity contribution in [1.82, 2.24) is 9.71 Å². The third kappa shape index (κ3) is 3.81. The van der Waals surface area contributed by atoms with Gasteiger partial charge in [0.25, 0.3) is 5.56 Å². The lowest BCUT2D eigenvalue weighted by Gasteiger charge is -2.19. The van der Waals surface area contributed by atoms with Gasteiger partial charge in [-0.05, 0) is 12.0 Å². The fourth-order valence-electron chi connectivity index (χ4n) is 1.41. The predicted octanol–water partition coefficient (Wildman–Crippen LogP) is 0.504. The van der Waals surface area contributed by atoms with Gasteiger partial charge >= 0.3 is 5.97 Å². The summed E-state index contributed by atoms with van der Waals surface area (Å²) >= 11 is 5.58. The zero-order valence-electron chi connectivity index (χ0n) is 11.1. The van der Waals surface area contributed by atoms with Gasteiger partial charge in [0, 0.05) is 6.20 Å². The van der Waals surface area contributed by atoms with Gasteiger partial charge in [0.05, 0.1) is 12.0 Å². The van der Waals surface area contributed by atoms with Crippen molar-refractivity contribution >= 4 is 27.6 Å². The van der Waals surface area contributed by atoms with Crippen molar-refractivity contribution in [3.8, 4) is 0 Å². The van der Waals surface area contributed by atoms with Gasteiger partial charge in [-0.1, -0.05) is 25.4 Å². The largest absolute Gasteiger partial charge is 0.468 e. The van der Waals surface area contributed by atoms with Crippen molar-refractivity contribution in [2.45, 2.75) is 24.8 Å². The van der Waals surface area contributed by atoms with E-state index < -0.39 is 27.6 Å². The minimum absolute atomic E-state index is 0.239. The quantitative estimate of drug-likeness (QED) is 0.768. The van der Waals surface area contributed by atoms with Crippen LogP contribution in [-0.2, 0) is 19.6 Å². The molecule has 0 radical (unpaired) electrons. The van der Waals surface area contributed by atoms with Gasteiger partial charge in [-0.25, -0.2) is 8.42 Å². The molecule has 0 saturated carbocycles. The highest BCUT2D eigenvalue weighted by Gasteiger charge is 2.29. The van der Waals surface area contributed by atoms with Crippen LogP contribution in [0.3, 0.4) is 0 Å². The predicted molar refractivity (Wildman–Crippen MR) is 73.0 cm³/mol. The molecule has 112 valence electrons. The Bertz CT molecular complexity index is 653. The molecular weight excluding hydrogens is 308 g/mol. The highest BCUT2D eigenvalue weighted by molar-refractivity contribution is 7.89. The number of pyridine rings is 1. The Hall–Kier alpha value is -1.38. The molecule has 1 atom stereocenters. The third-order valence-electron chi connectivity index (χ3n) is 2.55. The van der Waals surface area contributed by atoms with Crippen LogP contribution in [0.25, 0.3) is 0 Å². The van der Waals surface area contributed by atoms with Crippen molar-refractivity contribution in [3.63, 3.8) is 0 Å². The maximum absolute atomic E-state index is 12.1. The van der Waals surface area contributed by atoms with Crippen LogP contribution in [0.2, 0.25) is 5.02 Å². The van der Waals surface area contributed by atoms with E-state index in [9.17, 15) is 18.0 Å². The topological polar surface area (TPSA) is 105 Å². The van der Waals surface area contributed by atoms with E-state index >= 15 is 0 Å². The molecule has 2 N–H and O–H groups in total. The Morgan fingerprint density at radius 1 is 1.45 bits per heavy atom. The van der Waals surface area contributed by atoms with Crippen LogP contribution in [0.15, 0.2) is 22.0 Å². The van der Waals surface area contributed by atoms with Crippen LogP contribution in [0.1, 0.15) is 13.8 Å². The molecule has 0 fully saturated rings. The zero-order chi connectivity index (χ0) is 15.5. The van der Waals surface area contributed by atoms with Crippen molar-refractivity contribution in [1.29, 1.82) is 0 Å². The van der Waals surface area contributed by atoms with Gasteiger partial charge < -0.3 is 9.72 Å². The van der Waals surface area contributed by atoms with E-state index in [1.54, 1.807) is 13.8 Å². The molecule has 1 rings (SSSR count). The molecule has 0 aliphatic carbocycles. The van der Waals surface area contributed by atoms with E-state index in [-0.39, 0.29) is 15.8 Å². The minimum Gasteiger partial charge on any atom is -0.468 e. The molecule has 0 unspecified atom stereocenters. The number of sulfonamides is 1. The second kappa shape index (κ2) is 6.38. The van der Waals surface area contributed by atoms with Gasteiger partial charge in [0.2, 0.25) is 10.0 Å². The summed E-state index contributed by atoms with van der Waals surface area (Å²) in [5, 5.41) is -0.257. The molecule has 0 spiro atoms. The number of hydrogen-bond donors (Lipinski definition) is 2. The molecule has 0 saturated heterocycles. The van der Waals surface area contributed by atoms with Crippen molar-refractivity contribution in [3.05, 3.63) is 27.6 Å². The molecule has 0 amide bonds. The average Bonchev–Trinajstić information content (AvgIpc) is 2.38.